The lowest BCUT2D eigenvalue weighted by Gasteiger charge is -2.13. The standard InChI is InChI=1S/C19H23N5O3S.ClH/c1-27-16-4-2-14(3-5-16)19-17(10-22-23-19)18-11-20-13-24(18)8-7-21-15-6-9-28(25,26)12-15;/h2-5,10-11,13,15,21H,6-9,12H2,1H3,(H,22,23);1H. The molecule has 1 unspecified atom stereocenters. The van der Waals surface area contributed by atoms with Crippen LogP contribution in [0.1, 0.15) is 6.42 Å². The molecule has 0 spiro atoms. The second-order valence-electron chi connectivity index (χ2n) is 6.91. The number of sulfone groups is 1. The number of nitrogens with zero attached hydrogens (tertiary/aromatic N) is 3. The highest BCUT2D eigenvalue weighted by Crippen LogP contribution is 2.30. The van der Waals surface area contributed by atoms with Gasteiger partial charge in [-0.2, -0.15) is 5.10 Å². The van der Waals surface area contributed by atoms with E-state index >= 15 is 0 Å². The molecule has 1 fully saturated rings. The van der Waals surface area contributed by atoms with Crippen LogP contribution in [0.2, 0.25) is 0 Å². The van der Waals surface area contributed by atoms with Crippen molar-refractivity contribution in [1.82, 2.24) is 25.1 Å². The SMILES string of the molecule is COc1ccc(-c2[nH]ncc2-c2cncn2CCNC2CCS(=O)(=O)C2)cc1.Cl. The van der Waals surface area contributed by atoms with Crippen molar-refractivity contribution in [3.63, 3.8) is 0 Å². The van der Waals surface area contributed by atoms with Gasteiger partial charge in [-0.05, 0) is 30.7 Å². The average molecular weight is 438 g/mol. The Kier molecular flexibility index (Phi) is 6.61. The largest absolute Gasteiger partial charge is 0.497 e. The Morgan fingerprint density at radius 3 is 2.76 bits per heavy atom. The molecule has 0 radical (unpaired) electrons. The van der Waals surface area contributed by atoms with E-state index in [2.05, 4.69) is 20.5 Å². The number of hydrogen-bond acceptors (Lipinski definition) is 6. The third-order valence-corrected chi connectivity index (χ3v) is 6.79. The molecule has 1 saturated heterocycles. The van der Waals surface area contributed by atoms with Gasteiger partial charge in [0.1, 0.15) is 5.75 Å². The molecule has 0 aliphatic carbocycles. The topological polar surface area (TPSA) is 102 Å². The fourth-order valence-electron chi connectivity index (χ4n) is 3.53. The van der Waals surface area contributed by atoms with E-state index in [1.54, 1.807) is 19.6 Å². The highest BCUT2D eigenvalue weighted by atomic mass is 35.5. The van der Waals surface area contributed by atoms with Crippen molar-refractivity contribution in [2.45, 2.75) is 19.0 Å². The Morgan fingerprint density at radius 2 is 2.07 bits per heavy atom. The maximum atomic E-state index is 11.6. The summed E-state index contributed by atoms with van der Waals surface area (Å²) in [5, 5.41) is 10.6. The van der Waals surface area contributed by atoms with Gasteiger partial charge in [0.25, 0.3) is 0 Å². The summed E-state index contributed by atoms with van der Waals surface area (Å²) in [6, 6.07) is 7.84. The van der Waals surface area contributed by atoms with Gasteiger partial charge in [-0.3, -0.25) is 5.10 Å². The molecule has 2 N–H and O–H groups in total. The van der Waals surface area contributed by atoms with Crippen molar-refractivity contribution in [2.24, 2.45) is 0 Å². The summed E-state index contributed by atoms with van der Waals surface area (Å²) >= 11 is 0. The van der Waals surface area contributed by atoms with Gasteiger partial charge in [-0.1, -0.05) is 0 Å². The van der Waals surface area contributed by atoms with E-state index in [4.69, 9.17) is 4.74 Å². The molecule has 3 heterocycles. The second kappa shape index (κ2) is 8.98. The van der Waals surface area contributed by atoms with Gasteiger partial charge in [0.15, 0.2) is 9.84 Å². The van der Waals surface area contributed by atoms with Crippen LogP contribution in [0.4, 0.5) is 0 Å². The number of ether oxygens (including phenoxy) is 1. The number of H-pyrrole nitrogens is 1. The molecule has 8 nitrogen and oxygen atoms in total. The van der Waals surface area contributed by atoms with Crippen LogP contribution in [0, 0.1) is 0 Å². The molecule has 4 rings (SSSR count). The lowest BCUT2D eigenvalue weighted by Crippen LogP contribution is -2.32. The molecular weight excluding hydrogens is 414 g/mol. The van der Waals surface area contributed by atoms with Gasteiger partial charge in [0.05, 0.1) is 48.7 Å². The van der Waals surface area contributed by atoms with E-state index < -0.39 is 9.84 Å². The summed E-state index contributed by atoms with van der Waals surface area (Å²) < 4.78 is 30.4. The van der Waals surface area contributed by atoms with Gasteiger partial charge in [0, 0.05) is 30.3 Å². The highest BCUT2D eigenvalue weighted by Gasteiger charge is 2.27. The quantitative estimate of drug-likeness (QED) is 0.587. The normalized spacial score (nSPS) is 17.8. The first kappa shape index (κ1) is 21.4. The average Bonchev–Trinajstić information content (AvgIpc) is 3.41. The van der Waals surface area contributed by atoms with E-state index in [9.17, 15) is 8.42 Å². The number of rotatable bonds is 7. The molecule has 29 heavy (non-hydrogen) atoms. The Labute approximate surface area is 176 Å². The Bertz CT molecular complexity index is 1050. The molecule has 3 aromatic rings. The number of nitrogens with one attached hydrogen (secondary N) is 2. The first-order chi connectivity index (χ1) is 13.6. The summed E-state index contributed by atoms with van der Waals surface area (Å²) in [6.07, 6.45) is 6.08. The third-order valence-electron chi connectivity index (χ3n) is 5.02. The number of aromatic nitrogens is 4. The van der Waals surface area contributed by atoms with Gasteiger partial charge < -0.3 is 14.6 Å². The van der Waals surface area contributed by atoms with Crippen LogP contribution in [0.25, 0.3) is 22.5 Å². The smallest absolute Gasteiger partial charge is 0.151 e. The fourth-order valence-corrected chi connectivity index (χ4v) is 5.23. The lowest BCUT2D eigenvalue weighted by molar-refractivity contribution is 0.415. The highest BCUT2D eigenvalue weighted by molar-refractivity contribution is 7.91. The molecule has 10 heteroatoms. The van der Waals surface area contributed by atoms with E-state index in [0.29, 0.717) is 19.5 Å². The van der Waals surface area contributed by atoms with Crippen LogP contribution in [0.15, 0.2) is 43.0 Å². The van der Waals surface area contributed by atoms with Crippen molar-refractivity contribution in [3.05, 3.63) is 43.0 Å². The monoisotopic (exact) mass is 437 g/mol. The molecule has 2 aromatic heterocycles. The zero-order valence-electron chi connectivity index (χ0n) is 16.0. The zero-order valence-corrected chi connectivity index (χ0v) is 17.7. The van der Waals surface area contributed by atoms with Gasteiger partial charge in [-0.15, -0.1) is 12.4 Å². The molecule has 156 valence electrons. The summed E-state index contributed by atoms with van der Waals surface area (Å²) in [5.74, 6) is 1.31. The minimum atomic E-state index is -2.87. The molecule has 0 saturated carbocycles. The molecule has 0 bridgehead atoms. The van der Waals surface area contributed by atoms with Crippen molar-refractivity contribution in [2.75, 3.05) is 25.2 Å². The maximum Gasteiger partial charge on any atom is 0.151 e. The number of halogens is 1. The fraction of sp³-hybridized carbons (Fsp3) is 0.368. The van der Waals surface area contributed by atoms with Crippen LogP contribution >= 0.6 is 12.4 Å². The van der Waals surface area contributed by atoms with E-state index in [-0.39, 0.29) is 30.0 Å². The lowest BCUT2D eigenvalue weighted by atomic mass is 10.1. The van der Waals surface area contributed by atoms with E-state index in [1.807, 2.05) is 35.0 Å². The minimum Gasteiger partial charge on any atom is -0.497 e. The number of imidazole rings is 1. The molecule has 0 amide bonds. The van der Waals surface area contributed by atoms with Crippen LogP contribution in [0.3, 0.4) is 0 Å². The van der Waals surface area contributed by atoms with Crippen LogP contribution in [0.5, 0.6) is 5.75 Å². The summed E-state index contributed by atoms with van der Waals surface area (Å²) in [6.45, 7) is 1.37. The van der Waals surface area contributed by atoms with Crippen molar-refractivity contribution < 1.29 is 13.2 Å². The minimum absolute atomic E-state index is 0. The first-order valence-electron chi connectivity index (χ1n) is 9.18. The van der Waals surface area contributed by atoms with Crippen molar-refractivity contribution in [3.8, 4) is 28.3 Å². The Morgan fingerprint density at radius 1 is 1.28 bits per heavy atom. The summed E-state index contributed by atoms with van der Waals surface area (Å²) in [7, 11) is -1.22. The molecular formula is C19H24ClN5O3S. The van der Waals surface area contributed by atoms with Crippen molar-refractivity contribution >= 4 is 22.2 Å². The van der Waals surface area contributed by atoms with Gasteiger partial charge in [-0.25, -0.2) is 13.4 Å². The Balaban J connectivity index is 0.00000240. The van der Waals surface area contributed by atoms with Gasteiger partial charge >= 0.3 is 0 Å². The number of aromatic amines is 1. The zero-order chi connectivity index (χ0) is 19.6. The summed E-state index contributed by atoms with van der Waals surface area (Å²) in [5.41, 5.74) is 3.85. The molecule has 1 aromatic carbocycles. The van der Waals surface area contributed by atoms with Crippen molar-refractivity contribution in [1.29, 1.82) is 0 Å². The number of benzene rings is 1. The predicted molar refractivity (Wildman–Crippen MR) is 114 cm³/mol. The number of methoxy groups -OCH3 is 1. The first-order valence-corrected chi connectivity index (χ1v) is 11.0. The second-order valence-corrected chi connectivity index (χ2v) is 9.14. The molecule has 1 atom stereocenters. The third kappa shape index (κ3) is 4.80. The van der Waals surface area contributed by atoms with E-state index in [0.717, 1.165) is 28.3 Å². The van der Waals surface area contributed by atoms with Crippen LogP contribution < -0.4 is 10.1 Å². The maximum absolute atomic E-state index is 11.6. The Hall–Kier alpha value is -2.36. The van der Waals surface area contributed by atoms with Gasteiger partial charge in [0.2, 0.25) is 0 Å². The van der Waals surface area contributed by atoms with Crippen LogP contribution in [-0.4, -0.2) is 59.4 Å². The number of hydrogen-bond donors (Lipinski definition) is 2. The summed E-state index contributed by atoms with van der Waals surface area (Å²) in [4.78, 5) is 4.29. The predicted octanol–water partition coefficient (Wildman–Crippen LogP) is 2.15. The molecule has 1 aliphatic rings. The van der Waals surface area contributed by atoms with Crippen LogP contribution in [-0.2, 0) is 16.4 Å². The molecule has 1 aliphatic heterocycles. The van der Waals surface area contributed by atoms with E-state index in [1.165, 1.54) is 0 Å².